The predicted octanol–water partition coefficient (Wildman–Crippen LogP) is 3.42. The molecule has 3 aromatic rings. The van der Waals surface area contributed by atoms with E-state index in [1.807, 2.05) is 12.1 Å². The molecule has 21 heavy (non-hydrogen) atoms. The fourth-order valence-corrected chi connectivity index (χ4v) is 2.47. The quantitative estimate of drug-likeness (QED) is 0.739. The summed E-state index contributed by atoms with van der Waals surface area (Å²) in [6, 6.07) is 10.2. The molecule has 1 aliphatic rings. The molecule has 0 radical (unpaired) electrons. The summed E-state index contributed by atoms with van der Waals surface area (Å²) in [5.41, 5.74) is 2.49. The van der Waals surface area contributed by atoms with Crippen molar-refractivity contribution in [2.75, 3.05) is 7.11 Å². The maximum atomic E-state index is 13.1. The van der Waals surface area contributed by atoms with Gasteiger partial charge in [-0.05, 0) is 49.2 Å². The second-order valence-corrected chi connectivity index (χ2v) is 5.27. The minimum Gasteiger partial charge on any atom is -0.493 e. The summed E-state index contributed by atoms with van der Waals surface area (Å²) in [7, 11) is 1.62. The molecule has 0 amide bonds. The maximum absolute atomic E-state index is 13.1. The molecule has 0 unspecified atom stereocenters. The molecule has 2 aromatic heterocycles. The van der Waals surface area contributed by atoms with Crippen LogP contribution in [-0.4, -0.2) is 21.7 Å². The van der Waals surface area contributed by atoms with Crippen LogP contribution in [0.3, 0.4) is 0 Å². The lowest BCUT2D eigenvalue weighted by Crippen LogP contribution is -1.97. The van der Waals surface area contributed by atoms with Crippen LogP contribution >= 0.6 is 0 Å². The lowest BCUT2D eigenvalue weighted by molar-refractivity contribution is 0.416. The lowest BCUT2D eigenvalue weighted by Gasteiger charge is -2.07. The van der Waals surface area contributed by atoms with Crippen LogP contribution in [0.15, 0.2) is 36.4 Å². The number of ether oxygens (including phenoxy) is 1. The van der Waals surface area contributed by atoms with Gasteiger partial charge in [-0.3, -0.25) is 0 Å². The Hall–Kier alpha value is -2.43. The van der Waals surface area contributed by atoms with E-state index < -0.39 is 0 Å². The first-order chi connectivity index (χ1) is 10.3. The van der Waals surface area contributed by atoms with Crippen LogP contribution in [0.25, 0.3) is 16.9 Å². The zero-order valence-corrected chi connectivity index (χ0v) is 11.6. The van der Waals surface area contributed by atoms with Gasteiger partial charge in [-0.15, -0.1) is 0 Å². The standard InChI is InChI=1S/C16H14FN3O/c1-21-14-9-8-13(10-4-6-12(17)7-5-10)20-16(14)18-15(19-20)11-2-3-11/h4-9,11H,2-3H2,1H3. The molecule has 0 spiro atoms. The Balaban J connectivity index is 1.94. The van der Waals surface area contributed by atoms with Crippen LogP contribution in [0, 0.1) is 5.82 Å². The molecule has 106 valence electrons. The zero-order chi connectivity index (χ0) is 14.4. The van der Waals surface area contributed by atoms with Gasteiger partial charge in [0.1, 0.15) is 5.82 Å². The van der Waals surface area contributed by atoms with Gasteiger partial charge in [0.05, 0.1) is 12.8 Å². The topological polar surface area (TPSA) is 39.4 Å². The normalized spacial score (nSPS) is 14.6. The monoisotopic (exact) mass is 283 g/mol. The molecule has 0 bridgehead atoms. The summed E-state index contributed by atoms with van der Waals surface area (Å²) in [6.07, 6.45) is 2.29. The van der Waals surface area contributed by atoms with E-state index in [-0.39, 0.29) is 5.82 Å². The summed E-state index contributed by atoms with van der Waals surface area (Å²) in [4.78, 5) is 4.60. The highest BCUT2D eigenvalue weighted by Gasteiger charge is 2.29. The second-order valence-electron chi connectivity index (χ2n) is 5.27. The summed E-state index contributed by atoms with van der Waals surface area (Å²) < 4.78 is 20.3. The van der Waals surface area contributed by atoms with Gasteiger partial charge < -0.3 is 4.74 Å². The number of benzene rings is 1. The Labute approximate surface area is 121 Å². The average molecular weight is 283 g/mol. The molecule has 4 nitrogen and oxygen atoms in total. The number of aromatic nitrogens is 3. The first-order valence-electron chi connectivity index (χ1n) is 6.96. The minimum atomic E-state index is -0.249. The molecule has 0 N–H and O–H groups in total. The van der Waals surface area contributed by atoms with E-state index in [0.29, 0.717) is 17.3 Å². The molecule has 0 saturated heterocycles. The molecule has 1 saturated carbocycles. The van der Waals surface area contributed by atoms with E-state index in [4.69, 9.17) is 4.74 Å². The summed E-state index contributed by atoms with van der Waals surface area (Å²) in [6.45, 7) is 0. The third-order valence-corrected chi connectivity index (χ3v) is 3.77. The highest BCUT2D eigenvalue weighted by atomic mass is 19.1. The summed E-state index contributed by atoms with van der Waals surface area (Å²) >= 11 is 0. The number of pyridine rings is 1. The van der Waals surface area contributed by atoms with Crippen molar-refractivity contribution in [2.45, 2.75) is 18.8 Å². The molecule has 5 heteroatoms. The molecule has 1 fully saturated rings. The van der Waals surface area contributed by atoms with Crippen molar-refractivity contribution in [3.63, 3.8) is 0 Å². The number of rotatable bonds is 3. The largest absolute Gasteiger partial charge is 0.493 e. The van der Waals surface area contributed by atoms with E-state index >= 15 is 0 Å². The molecular formula is C16H14FN3O. The van der Waals surface area contributed by atoms with Gasteiger partial charge in [0.25, 0.3) is 0 Å². The first-order valence-corrected chi connectivity index (χ1v) is 6.96. The SMILES string of the molecule is COc1ccc(-c2ccc(F)cc2)n2nc(C3CC3)nc12. The van der Waals surface area contributed by atoms with E-state index in [0.717, 1.165) is 29.9 Å². The van der Waals surface area contributed by atoms with Crippen molar-refractivity contribution in [1.29, 1.82) is 0 Å². The fourth-order valence-electron chi connectivity index (χ4n) is 2.47. The molecule has 1 aliphatic carbocycles. The van der Waals surface area contributed by atoms with Crippen LogP contribution in [0.4, 0.5) is 4.39 Å². The van der Waals surface area contributed by atoms with E-state index in [1.54, 1.807) is 23.8 Å². The van der Waals surface area contributed by atoms with Crippen molar-refractivity contribution in [3.8, 4) is 17.0 Å². The highest BCUT2D eigenvalue weighted by molar-refractivity contribution is 5.67. The van der Waals surface area contributed by atoms with Gasteiger partial charge >= 0.3 is 0 Å². The van der Waals surface area contributed by atoms with Gasteiger partial charge in [0, 0.05) is 11.5 Å². The maximum Gasteiger partial charge on any atom is 0.198 e. The van der Waals surface area contributed by atoms with Crippen molar-refractivity contribution >= 4 is 5.65 Å². The number of fused-ring (bicyclic) bond motifs is 1. The Morgan fingerprint density at radius 3 is 2.57 bits per heavy atom. The molecular weight excluding hydrogens is 269 g/mol. The molecule has 2 heterocycles. The Morgan fingerprint density at radius 2 is 1.90 bits per heavy atom. The molecule has 1 aromatic carbocycles. The van der Waals surface area contributed by atoms with Gasteiger partial charge in [0.15, 0.2) is 17.2 Å². The van der Waals surface area contributed by atoms with Crippen molar-refractivity contribution < 1.29 is 9.13 Å². The van der Waals surface area contributed by atoms with Crippen molar-refractivity contribution in [1.82, 2.24) is 14.6 Å². The number of nitrogens with zero attached hydrogens (tertiary/aromatic N) is 3. The van der Waals surface area contributed by atoms with Gasteiger partial charge in [-0.2, -0.15) is 5.10 Å². The van der Waals surface area contributed by atoms with Crippen LogP contribution in [0.2, 0.25) is 0 Å². The van der Waals surface area contributed by atoms with Crippen LogP contribution in [0.5, 0.6) is 5.75 Å². The number of hydrogen-bond acceptors (Lipinski definition) is 3. The average Bonchev–Trinajstić information content (AvgIpc) is 3.26. The highest BCUT2D eigenvalue weighted by Crippen LogP contribution is 2.39. The van der Waals surface area contributed by atoms with Gasteiger partial charge in [-0.25, -0.2) is 13.9 Å². The van der Waals surface area contributed by atoms with Crippen molar-refractivity contribution in [2.24, 2.45) is 0 Å². The molecule has 4 rings (SSSR count). The van der Waals surface area contributed by atoms with E-state index in [9.17, 15) is 4.39 Å². The number of halogens is 1. The fraction of sp³-hybridized carbons (Fsp3) is 0.250. The zero-order valence-electron chi connectivity index (χ0n) is 11.6. The molecule has 0 atom stereocenters. The third kappa shape index (κ3) is 2.05. The lowest BCUT2D eigenvalue weighted by atomic mass is 10.1. The number of methoxy groups -OCH3 is 1. The van der Waals surface area contributed by atoms with Crippen LogP contribution < -0.4 is 4.74 Å². The Kier molecular flexibility index (Phi) is 2.67. The first kappa shape index (κ1) is 12.3. The van der Waals surface area contributed by atoms with Gasteiger partial charge in [0.2, 0.25) is 0 Å². The molecule has 0 aliphatic heterocycles. The van der Waals surface area contributed by atoms with Crippen molar-refractivity contribution in [3.05, 3.63) is 48.0 Å². The Morgan fingerprint density at radius 1 is 1.14 bits per heavy atom. The predicted molar refractivity (Wildman–Crippen MR) is 76.9 cm³/mol. The van der Waals surface area contributed by atoms with Crippen LogP contribution in [-0.2, 0) is 0 Å². The minimum absolute atomic E-state index is 0.249. The van der Waals surface area contributed by atoms with Crippen LogP contribution in [0.1, 0.15) is 24.6 Å². The van der Waals surface area contributed by atoms with E-state index in [1.165, 1.54) is 12.1 Å². The van der Waals surface area contributed by atoms with Gasteiger partial charge in [-0.1, -0.05) is 0 Å². The summed E-state index contributed by atoms with van der Waals surface area (Å²) in [5, 5.41) is 4.61. The Bertz CT molecular complexity index is 806. The smallest absolute Gasteiger partial charge is 0.198 e. The summed E-state index contributed by atoms with van der Waals surface area (Å²) in [5.74, 6) is 1.78. The number of hydrogen-bond donors (Lipinski definition) is 0. The van der Waals surface area contributed by atoms with E-state index in [2.05, 4.69) is 10.1 Å². The third-order valence-electron chi connectivity index (χ3n) is 3.77. The second kappa shape index (κ2) is 4.55.